The molecule has 0 aliphatic heterocycles. The lowest BCUT2D eigenvalue weighted by molar-refractivity contribution is 0.0155. The molecule has 1 aromatic carbocycles. The summed E-state index contributed by atoms with van der Waals surface area (Å²) in [4.78, 5) is 0. The summed E-state index contributed by atoms with van der Waals surface area (Å²) >= 11 is 0. The molecule has 1 saturated carbocycles. The van der Waals surface area contributed by atoms with E-state index in [1.165, 1.54) is 12.1 Å². The van der Waals surface area contributed by atoms with Crippen LogP contribution in [0.1, 0.15) is 31.0 Å². The monoisotopic (exact) mass is 308 g/mol. The maximum absolute atomic E-state index is 13.1. The highest BCUT2D eigenvalue weighted by Crippen LogP contribution is 2.54. The van der Waals surface area contributed by atoms with Crippen molar-refractivity contribution in [2.75, 3.05) is 0 Å². The fourth-order valence-electron chi connectivity index (χ4n) is 3.87. The summed E-state index contributed by atoms with van der Waals surface area (Å²) in [7, 11) is 0. The minimum absolute atomic E-state index is 0.268. The third-order valence-electron chi connectivity index (χ3n) is 5.43. The Kier molecular flexibility index (Phi) is 2.82. The molecule has 1 aromatic heterocycles. The van der Waals surface area contributed by atoms with Crippen LogP contribution < -0.4 is 0 Å². The lowest BCUT2D eigenvalue weighted by atomic mass is 9.67. The molecule has 0 spiro atoms. The van der Waals surface area contributed by atoms with E-state index in [0.29, 0.717) is 12.8 Å². The molecule has 2 aliphatic rings. The molecule has 0 radical (unpaired) electrons. The van der Waals surface area contributed by atoms with Crippen LogP contribution in [0.3, 0.4) is 0 Å². The normalized spacial score (nSPS) is 28.7. The summed E-state index contributed by atoms with van der Waals surface area (Å²) in [6.45, 7) is 2.03. The Hall–Kier alpha value is -2.38. The van der Waals surface area contributed by atoms with Gasteiger partial charge in [-0.3, -0.25) is 0 Å². The van der Waals surface area contributed by atoms with E-state index in [4.69, 9.17) is 6.42 Å². The molecular formula is C19H17FN2O. The standard InChI is InChI=1S/C19H17FN2O/c1-3-19(23)9-8-14-10-17-13(11-18(14,19)2)12-21-22(17)16-6-4-15(20)5-7-16/h1,4-7,10,12,23H,8-9,11H2,2H3/t18-,19+/m0/s1. The molecule has 4 heteroatoms. The van der Waals surface area contributed by atoms with Crippen LogP contribution in [0.2, 0.25) is 0 Å². The maximum atomic E-state index is 13.1. The molecule has 0 unspecified atom stereocenters. The van der Waals surface area contributed by atoms with Gasteiger partial charge in [0.25, 0.3) is 0 Å². The smallest absolute Gasteiger partial charge is 0.134 e. The van der Waals surface area contributed by atoms with Crippen LogP contribution in [0.5, 0.6) is 0 Å². The summed E-state index contributed by atoms with van der Waals surface area (Å²) < 4.78 is 14.9. The number of nitrogens with zero attached hydrogens (tertiary/aromatic N) is 2. The Morgan fingerprint density at radius 3 is 2.78 bits per heavy atom. The predicted octanol–water partition coefficient (Wildman–Crippen LogP) is 3.12. The van der Waals surface area contributed by atoms with Gasteiger partial charge in [-0.2, -0.15) is 5.10 Å². The van der Waals surface area contributed by atoms with Crippen LogP contribution in [0, 0.1) is 23.6 Å². The summed E-state index contributed by atoms with van der Waals surface area (Å²) in [5, 5.41) is 15.2. The molecule has 3 nitrogen and oxygen atoms in total. The van der Waals surface area contributed by atoms with Gasteiger partial charge in [-0.25, -0.2) is 9.07 Å². The number of rotatable bonds is 1. The van der Waals surface area contributed by atoms with Gasteiger partial charge in [0.05, 0.1) is 17.6 Å². The zero-order valence-corrected chi connectivity index (χ0v) is 12.9. The predicted molar refractivity (Wildman–Crippen MR) is 86.3 cm³/mol. The fraction of sp³-hybridized carbons (Fsp3) is 0.316. The van der Waals surface area contributed by atoms with Crippen molar-refractivity contribution in [1.29, 1.82) is 0 Å². The van der Waals surface area contributed by atoms with Gasteiger partial charge >= 0.3 is 0 Å². The van der Waals surface area contributed by atoms with Crippen molar-refractivity contribution in [3.8, 4) is 18.0 Å². The largest absolute Gasteiger partial charge is 0.377 e. The van der Waals surface area contributed by atoms with E-state index in [1.54, 1.807) is 12.1 Å². The number of fused-ring (bicyclic) bond motifs is 2. The number of halogens is 1. The van der Waals surface area contributed by atoms with Gasteiger partial charge in [0.1, 0.15) is 11.4 Å². The molecule has 2 aromatic rings. The Morgan fingerprint density at radius 2 is 2.09 bits per heavy atom. The fourth-order valence-corrected chi connectivity index (χ4v) is 3.87. The van der Waals surface area contributed by atoms with Crippen molar-refractivity contribution in [2.24, 2.45) is 5.41 Å². The quantitative estimate of drug-likeness (QED) is 0.822. The summed E-state index contributed by atoms with van der Waals surface area (Å²) in [6.07, 6.45) is 11.5. The van der Waals surface area contributed by atoms with Crippen LogP contribution in [-0.2, 0) is 6.42 Å². The molecule has 0 saturated heterocycles. The molecule has 23 heavy (non-hydrogen) atoms. The Bertz CT molecular complexity index is 858. The number of aliphatic hydroxyl groups is 1. The van der Waals surface area contributed by atoms with E-state index < -0.39 is 11.0 Å². The summed E-state index contributed by atoms with van der Waals surface area (Å²) in [6, 6.07) is 6.27. The third kappa shape index (κ3) is 1.83. The Labute approximate surface area is 134 Å². The lowest BCUT2D eigenvalue weighted by Crippen LogP contribution is -2.43. The first-order chi connectivity index (χ1) is 11.0. The molecule has 0 amide bonds. The second kappa shape index (κ2) is 4.56. The first kappa shape index (κ1) is 14.2. The van der Waals surface area contributed by atoms with Gasteiger partial charge in [-0.1, -0.05) is 18.4 Å². The van der Waals surface area contributed by atoms with E-state index in [-0.39, 0.29) is 5.82 Å². The van der Waals surface area contributed by atoms with Crippen molar-refractivity contribution in [1.82, 2.24) is 9.78 Å². The van der Waals surface area contributed by atoms with Gasteiger partial charge in [0, 0.05) is 5.41 Å². The van der Waals surface area contributed by atoms with Gasteiger partial charge in [0.15, 0.2) is 0 Å². The zero-order chi connectivity index (χ0) is 16.2. The second-order valence-corrected chi connectivity index (χ2v) is 6.63. The average molecular weight is 308 g/mol. The highest BCUT2D eigenvalue weighted by atomic mass is 19.1. The van der Waals surface area contributed by atoms with Crippen molar-refractivity contribution in [3.63, 3.8) is 0 Å². The molecule has 2 atom stereocenters. The van der Waals surface area contributed by atoms with E-state index in [9.17, 15) is 9.50 Å². The molecule has 1 N–H and O–H groups in total. The van der Waals surface area contributed by atoms with E-state index in [0.717, 1.165) is 28.9 Å². The first-order valence-electron chi connectivity index (χ1n) is 7.71. The first-order valence-corrected chi connectivity index (χ1v) is 7.71. The van der Waals surface area contributed by atoms with Gasteiger partial charge in [0.2, 0.25) is 0 Å². The van der Waals surface area contributed by atoms with E-state index in [2.05, 4.69) is 17.1 Å². The highest BCUT2D eigenvalue weighted by molar-refractivity contribution is 5.63. The Balaban J connectivity index is 1.83. The minimum atomic E-state index is -1.10. The van der Waals surface area contributed by atoms with Crippen LogP contribution in [0.4, 0.5) is 4.39 Å². The number of terminal acetylenes is 1. The van der Waals surface area contributed by atoms with Crippen LogP contribution in [0.15, 0.2) is 36.0 Å². The van der Waals surface area contributed by atoms with E-state index in [1.807, 2.05) is 17.8 Å². The molecule has 0 bridgehead atoms. The second-order valence-electron chi connectivity index (χ2n) is 6.63. The summed E-state index contributed by atoms with van der Waals surface area (Å²) in [5.74, 6) is 2.33. The molecule has 1 fully saturated rings. The number of hydrogen-bond acceptors (Lipinski definition) is 2. The molecule has 1 heterocycles. The minimum Gasteiger partial charge on any atom is -0.377 e. The topological polar surface area (TPSA) is 38.1 Å². The molecular weight excluding hydrogens is 291 g/mol. The lowest BCUT2D eigenvalue weighted by Gasteiger charge is -2.39. The van der Waals surface area contributed by atoms with Gasteiger partial charge in [-0.05, 0) is 55.2 Å². The van der Waals surface area contributed by atoms with Gasteiger partial charge in [-0.15, -0.1) is 6.42 Å². The van der Waals surface area contributed by atoms with Gasteiger partial charge < -0.3 is 5.11 Å². The van der Waals surface area contributed by atoms with Crippen molar-refractivity contribution < 1.29 is 9.50 Å². The molecule has 4 rings (SSSR count). The van der Waals surface area contributed by atoms with Crippen molar-refractivity contribution in [2.45, 2.75) is 31.8 Å². The Morgan fingerprint density at radius 1 is 1.35 bits per heavy atom. The van der Waals surface area contributed by atoms with Crippen LogP contribution in [-0.4, -0.2) is 20.5 Å². The highest BCUT2D eigenvalue weighted by Gasteiger charge is 2.54. The number of aromatic nitrogens is 2. The summed E-state index contributed by atoms with van der Waals surface area (Å²) in [5.41, 5.74) is 2.48. The van der Waals surface area contributed by atoms with E-state index >= 15 is 0 Å². The number of hydrogen-bond donors (Lipinski definition) is 1. The average Bonchev–Trinajstić information content (AvgIpc) is 3.05. The number of benzene rings is 1. The van der Waals surface area contributed by atoms with Crippen molar-refractivity contribution >= 4 is 6.08 Å². The van der Waals surface area contributed by atoms with Crippen LogP contribution in [0.25, 0.3) is 11.8 Å². The zero-order valence-electron chi connectivity index (χ0n) is 12.9. The molecule has 116 valence electrons. The van der Waals surface area contributed by atoms with Crippen LogP contribution >= 0.6 is 0 Å². The molecule has 2 aliphatic carbocycles. The SMILES string of the molecule is C#C[C@@]1(O)CCC2=Cc3c(cnn3-c3ccc(F)cc3)C[C@@]21C. The maximum Gasteiger partial charge on any atom is 0.134 e. The third-order valence-corrected chi connectivity index (χ3v) is 5.43. The van der Waals surface area contributed by atoms with Crippen molar-refractivity contribution in [3.05, 3.63) is 53.1 Å².